The van der Waals surface area contributed by atoms with Crippen molar-refractivity contribution in [3.8, 4) is 11.5 Å². The molecule has 0 radical (unpaired) electrons. The van der Waals surface area contributed by atoms with Gasteiger partial charge in [0.2, 0.25) is 5.91 Å². The van der Waals surface area contributed by atoms with Crippen LogP contribution in [-0.4, -0.2) is 54.9 Å². The molecule has 2 atom stereocenters. The van der Waals surface area contributed by atoms with Gasteiger partial charge in [0, 0.05) is 64.0 Å². The fourth-order valence-corrected chi connectivity index (χ4v) is 5.67. The number of allylic oxidation sites excluding steroid dienone is 1. The Balaban J connectivity index is 0.000000356. The molecule has 0 bridgehead atoms. The average molecular weight is 641 g/mol. The molecule has 1 aliphatic rings. The smallest absolute Gasteiger partial charge is 0.216 e. The molecule has 3 aromatic carbocycles. The van der Waals surface area contributed by atoms with Crippen LogP contribution in [-0.2, 0) is 16.0 Å². The average Bonchev–Trinajstić information content (AvgIpc) is 3.06. The third-order valence-corrected chi connectivity index (χ3v) is 8.13. The van der Waals surface area contributed by atoms with E-state index in [4.69, 9.17) is 4.74 Å². The highest BCUT2D eigenvalue weighted by molar-refractivity contribution is 5.96. The Morgan fingerprint density at radius 1 is 1.15 bits per heavy atom. The minimum absolute atomic E-state index is 0.00134. The molecule has 0 aliphatic carbocycles. The van der Waals surface area contributed by atoms with Crippen molar-refractivity contribution in [2.75, 3.05) is 37.4 Å². The monoisotopic (exact) mass is 640 g/mol. The zero-order chi connectivity index (χ0) is 33.9. The number of benzene rings is 3. The highest BCUT2D eigenvalue weighted by Crippen LogP contribution is 2.51. The summed E-state index contributed by atoms with van der Waals surface area (Å²) in [6.07, 6.45) is 9.63. The van der Waals surface area contributed by atoms with Gasteiger partial charge in [0.05, 0.1) is 17.1 Å². The van der Waals surface area contributed by atoms with Gasteiger partial charge in [0.25, 0.3) is 0 Å². The maximum atomic E-state index is 15.6. The first-order valence-corrected chi connectivity index (χ1v) is 16.0. The Hall–Kier alpha value is -4.83. The SMILES string of the molecule is C=CC(=O)Cc1cc(F)c(N(C)CC(C)c2cnccn2)c2c1Nc1cc3ccccc3cc1O2.CCCC(CCNC(C)=O)NC. The number of halogens is 1. The van der Waals surface area contributed by atoms with Gasteiger partial charge in [-0.05, 0) is 60.5 Å². The number of carbonyl (C=O) groups excluding carboxylic acids is 2. The number of amides is 1. The number of ketones is 1. The molecule has 0 saturated heterocycles. The summed E-state index contributed by atoms with van der Waals surface area (Å²) >= 11 is 0. The Bertz CT molecular complexity index is 1700. The van der Waals surface area contributed by atoms with Crippen LogP contribution in [0.15, 0.2) is 73.7 Å². The van der Waals surface area contributed by atoms with Crippen molar-refractivity contribution in [1.82, 2.24) is 20.6 Å². The Labute approximate surface area is 276 Å². The topological polar surface area (TPSA) is 108 Å². The highest BCUT2D eigenvalue weighted by Gasteiger charge is 2.29. The molecular weight excluding hydrogens is 595 g/mol. The van der Waals surface area contributed by atoms with Crippen LogP contribution in [0.3, 0.4) is 0 Å². The lowest BCUT2D eigenvalue weighted by Gasteiger charge is -2.31. The molecule has 2 unspecified atom stereocenters. The molecule has 10 heteroatoms. The van der Waals surface area contributed by atoms with Gasteiger partial charge in [-0.25, -0.2) is 4.39 Å². The van der Waals surface area contributed by atoms with Crippen molar-refractivity contribution in [2.24, 2.45) is 0 Å². The van der Waals surface area contributed by atoms with E-state index >= 15 is 4.39 Å². The molecule has 1 amide bonds. The van der Waals surface area contributed by atoms with Crippen molar-refractivity contribution in [3.05, 3.63) is 90.8 Å². The van der Waals surface area contributed by atoms with E-state index in [2.05, 4.69) is 39.4 Å². The number of fused-ring (bicyclic) bond motifs is 3. The van der Waals surface area contributed by atoms with E-state index in [1.54, 1.807) is 25.5 Å². The van der Waals surface area contributed by atoms with E-state index in [1.165, 1.54) is 25.0 Å². The van der Waals surface area contributed by atoms with E-state index in [1.807, 2.05) is 62.3 Å². The zero-order valence-corrected chi connectivity index (χ0v) is 27.9. The predicted molar refractivity (Wildman–Crippen MR) is 187 cm³/mol. The van der Waals surface area contributed by atoms with Crippen LogP contribution < -0.4 is 25.6 Å². The second-order valence-electron chi connectivity index (χ2n) is 11.8. The van der Waals surface area contributed by atoms with Crippen LogP contribution in [0, 0.1) is 5.82 Å². The number of aromatic nitrogens is 2. The molecule has 2 heterocycles. The van der Waals surface area contributed by atoms with E-state index < -0.39 is 5.82 Å². The van der Waals surface area contributed by atoms with E-state index in [0.717, 1.165) is 35.1 Å². The van der Waals surface area contributed by atoms with Gasteiger partial charge < -0.3 is 25.6 Å². The standard InChI is InChI=1S/C28H25FN4O2.C9H20N2O/c1-4-21(34)11-20-12-22(29)27(33(3)16-17(2)24-15-30-9-10-31-24)28-26(20)32-23-13-18-7-5-6-8-19(18)14-25(23)35-28;1-4-5-9(10-3)6-7-11-8(2)12/h4-10,12-15,17,32H,1,11,16H2,2-3H3;9-10H,4-7H2,1-3H3,(H,11,12). The number of rotatable bonds is 13. The molecule has 5 rings (SSSR count). The summed E-state index contributed by atoms with van der Waals surface area (Å²) in [6, 6.07) is 13.8. The molecule has 1 aliphatic heterocycles. The first-order valence-electron chi connectivity index (χ1n) is 16.0. The summed E-state index contributed by atoms with van der Waals surface area (Å²) < 4.78 is 22.0. The first kappa shape index (κ1) is 35.0. The summed E-state index contributed by atoms with van der Waals surface area (Å²) in [7, 11) is 3.79. The fourth-order valence-electron chi connectivity index (χ4n) is 5.67. The lowest BCUT2D eigenvalue weighted by molar-refractivity contribution is -0.119. The van der Waals surface area contributed by atoms with Gasteiger partial charge in [-0.3, -0.25) is 19.6 Å². The van der Waals surface area contributed by atoms with E-state index in [9.17, 15) is 9.59 Å². The van der Waals surface area contributed by atoms with Gasteiger partial charge in [-0.1, -0.05) is 51.1 Å². The van der Waals surface area contributed by atoms with Crippen molar-refractivity contribution < 1.29 is 18.7 Å². The molecule has 0 spiro atoms. The molecule has 0 fully saturated rings. The molecule has 1 aromatic heterocycles. The summed E-state index contributed by atoms with van der Waals surface area (Å²) in [4.78, 5) is 33.1. The van der Waals surface area contributed by atoms with Gasteiger partial charge in [-0.15, -0.1) is 0 Å². The van der Waals surface area contributed by atoms with Crippen LogP contribution in [0.1, 0.15) is 57.2 Å². The molecular formula is C37H45FN6O3. The van der Waals surface area contributed by atoms with Gasteiger partial charge in [0.15, 0.2) is 23.1 Å². The molecule has 3 N–H and O–H groups in total. The second kappa shape index (κ2) is 16.6. The number of ether oxygens (including phenoxy) is 1. The second-order valence-corrected chi connectivity index (χ2v) is 11.8. The van der Waals surface area contributed by atoms with E-state index in [-0.39, 0.29) is 24.0 Å². The summed E-state index contributed by atoms with van der Waals surface area (Å²) in [6.45, 7) is 10.6. The number of anilines is 3. The Kier molecular flexibility index (Phi) is 12.4. The Morgan fingerprint density at radius 2 is 1.89 bits per heavy atom. The molecule has 4 aromatic rings. The molecule has 0 saturated carbocycles. The maximum absolute atomic E-state index is 15.6. The molecule has 248 valence electrons. The van der Waals surface area contributed by atoms with Gasteiger partial charge in [0.1, 0.15) is 5.69 Å². The van der Waals surface area contributed by atoms with Crippen molar-refractivity contribution in [3.63, 3.8) is 0 Å². The molecule has 9 nitrogen and oxygen atoms in total. The fraction of sp³-hybridized carbons (Fsp3) is 0.351. The number of hydrogen-bond donors (Lipinski definition) is 3. The largest absolute Gasteiger partial charge is 0.451 e. The van der Waals surface area contributed by atoms with Crippen LogP contribution in [0.5, 0.6) is 11.5 Å². The van der Waals surface area contributed by atoms with Crippen molar-refractivity contribution >= 4 is 39.5 Å². The predicted octanol–water partition coefficient (Wildman–Crippen LogP) is 7.06. The number of nitrogens with zero attached hydrogens (tertiary/aromatic N) is 3. The summed E-state index contributed by atoms with van der Waals surface area (Å²) in [5.41, 5.74) is 2.99. The van der Waals surface area contributed by atoms with Crippen LogP contribution in [0.25, 0.3) is 10.8 Å². The third-order valence-electron chi connectivity index (χ3n) is 8.13. The van der Waals surface area contributed by atoms with E-state index in [0.29, 0.717) is 41.0 Å². The Morgan fingerprint density at radius 3 is 2.53 bits per heavy atom. The normalized spacial score (nSPS) is 12.6. The third kappa shape index (κ3) is 9.13. The minimum atomic E-state index is -0.463. The van der Waals surface area contributed by atoms with Crippen molar-refractivity contribution in [1.29, 1.82) is 0 Å². The molecule has 47 heavy (non-hydrogen) atoms. The number of likely N-dealkylation sites (N-methyl/N-ethyl adjacent to an activating group) is 1. The van der Waals surface area contributed by atoms with Crippen molar-refractivity contribution in [2.45, 2.75) is 58.4 Å². The summed E-state index contributed by atoms with van der Waals surface area (Å²) in [5.74, 6) is 0.346. The lowest BCUT2D eigenvalue weighted by atomic mass is 10.0. The quantitative estimate of drug-likeness (QED) is 0.118. The minimum Gasteiger partial charge on any atom is -0.451 e. The lowest BCUT2D eigenvalue weighted by Crippen LogP contribution is -2.31. The highest BCUT2D eigenvalue weighted by atomic mass is 19.1. The number of carbonyl (C=O) groups is 2. The number of hydrogen-bond acceptors (Lipinski definition) is 8. The van der Waals surface area contributed by atoms with Gasteiger partial charge >= 0.3 is 0 Å². The summed E-state index contributed by atoms with van der Waals surface area (Å²) in [5, 5.41) is 11.5. The first-order chi connectivity index (χ1) is 22.6. The van der Waals surface area contributed by atoms with Crippen LogP contribution in [0.2, 0.25) is 0 Å². The number of nitrogens with one attached hydrogen (secondary N) is 3. The zero-order valence-electron chi connectivity index (χ0n) is 27.9. The van der Waals surface area contributed by atoms with Crippen LogP contribution in [0.4, 0.5) is 21.5 Å². The van der Waals surface area contributed by atoms with Crippen LogP contribution >= 0.6 is 0 Å². The van der Waals surface area contributed by atoms with Gasteiger partial charge in [-0.2, -0.15) is 0 Å². The maximum Gasteiger partial charge on any atom is 0.216 e.